The second-order valence-corrected chi connectivity index (χ2v) is 5.45. The molecule has 9 heteroatoms. The number of amides is 3. The number of rotatable bonds is 4. The number of carbonyl (C=O) groups is 3. The van der Waals surface area contributed by atoms with E-state index in [0.717, 1.165) is 6.07 Å². The van der Waals surface area contributed by atoms with E-state index in [1.54, 1.807) is 18.2 Å². The van der Waals surface area contributed by atoms with Gasteiger partial charge in [-0.15, -0.1) is 0 Å². The van der Waals surface area contributed by atoms with Crippen LogP contribution in [0.1, 0.15) is 10.4 Å². The van der Waals surface area contributed by atoms with Crippen molar-refractivity contribution in [2.24, 2.45) is 0 Å². The van der Waals surface area contributed by atoms with Gasteiger partial charge >= 0.3 is 12.0 Å². The third-order valence-electron chi connectivity index (χ3n) is 3.45. The third kappa shape index (κ3) is 4.94. The van der Waals surface area contributed by atoms with E-state index in [4.69, 9.17) is 14.2 Å². The Balaban J connectivity index is 1.48. The fraction of sp³-hybridized carbons (Fsp3) is 0.167. The summed E-state index contributed by atoms with van der Waals surface area (Å²) in [5.74, 6) is -1.28. The summed E-state index contributed by atoms with van der Waals surface area (Å²) in [5.41, 5.74) is 0.352. The standard InChI is InChI=1S/C18H15FN2O6/c19-12-3-1-2-11(8-12)17(23)27-10-16(22)21-18(24)20-13-4-5-14-15(9-13)26-7-6-25-14/h1-5,8-9H,6-7,10H2,(H2,20,21,22,24). The lowest BCUT2D eigenvalue weighted by molar-refractivity contribution is -0.123. The van der Waals surface area contributed by atoms with Crippen molar-refractivity contribution in [1.29, 1.82) is 0 Å². The number of fused-ring (bicyclic) bond motifs is 1. The maximum absolute atomic E-state index is 13.1. The molecule has 8 nitrogen and oxygen atoms in total. The van der Waals surface area contributed by atoms with Gasteiger partial charge in [-0.1, -0.05) is 6.07 Å². The number of anilines is 1. The van der Waals surface area contributed by atoms with Gasteiger partial charge in [-0.05, 0) is 30.3 Å². The van der Waals surface area contributed by atoms with Crippen LogP contribution in [0.3, 0.4) is 0 Å². The zero-order valence-electron chi connectivity index (χ0n) is 14.0. The molecule has 0 saturated heterocycles. The highest BCUT2D eigenvalue weighted by Crippen LogP contribution is 2.32. The smallest absolute Gasteiger partial charge is 0.338 e. The van der Waals surface area contributed by atoms with Crippen LogP contribution in [0.4, 0.5) is 14.9 Å². The minimum atomic E-state index is -0.878. The number of hydrogen-bond acceptors (Lipinski definition) is 6. The molecule has 3 amide bonds. The molecule has 1 aliphatic heterocycles. The second kappa shape index (κ2) is 8.17. The summed E-state index contributed by atoms with van der Waals surface area (Å²) in [6.45, 7) is 0.158. The van der Waals surface area contributed by atoms with Gasteiger partial charge in [-0.3, -0.25) is 10.1 Å². The SMILES string of the molecule is O=C(COC(=O)c1cccc(F)c1)NC(=O)Nc1ccc2c(c1)OCCO2. The summed E-state index contributed by atoms with van der Waals surface area (Å²) < 4.78 is 28.6. The lowest BCUT2D eigenvalue weighted by Crippen LogP contribution is -2.37. The highest BCUT2D eigenvalue weighted by Gasteiger charge is 2.15. The van der Waals surface area contributed by atoms with Gasteiger partial charge in [0.05, 0.1) is 5.56 Å². The van der Waals surface area contributed by atoms with E-state index >= 15 is 0 Å². The Hall–Kier alpha value is -3.62. The van der Waals surface area contributed by atoms with Crippen LogP contribution in [-0.2, 0) is 9.53 Å². The van der Waals surface area contributed by atoms with E-state index < -0.39 is 30.3 Å². The van der Waals surface area contributed by atoms with E-state index in [0.29, 0.717) is 30.4 Å². The van der Waals surface area contributed by atoms with E-state index in [2.05, 4.69) is 5.32 Å². The molecule has 0 fully saturated rings. The van der Waals surface area contributed by atoms with E-state index in [1.807, 2.05) is 5.32 Å². The Morgan fingerprint density at radius 1 is 1.04 bits per heavy atom. The fourth-order valence-corrected chi connectivity index (χ4v) is 2.28. The molecule has 1 aliphatic rings. The first-order valence-electron chi connectivity index (χ1n) is 7.94. The Kier molecular flexibility index (Phi) is 5.50. The zero-order valence-corrected chi connectivity index (χ0v) is 14.0. The van der Waals surface area contributed by atoms with Gasteiger partial charge < -0.3 is 19.5 Å². The lowest BCUT2D eigenvalue weighted by atomic mass is 10.2. The number of imide groups is 1. The van der Waals surface area contributed by atoms with Crippen molar-refractivity contribution < 1.29 is 33.0 Å². The van der Waals surface area contributed by atoms with Crippen LogP contribution in [0.5, 0.6) is 11.5 Å². The average Bonchev–Trinajstić information content (AvgIpc) is 2.66. The Bertz CT molecular complexity index is 886. The molecule has 0 atom stereocenters. The Morgan fingerprint density at radius 2 is 1.81 bits per heavy atom. The molecule has 0 spiro atoms. The molecule has 0 aromatic heterocycles. The predicted molar refractivity (Wildman–Crippen MR) is 91.3 cm³/mol. The number of benzene rings is 2. The summed E-state index contributed by atoms with van der Waals surface area (Å²) in [5, 5.41) is 4.47. The number of hydrogen-bond donors (Lipinski definition) is 2. The largest absolute Gasteiger partial charge is 0.486 e. The molecule has 0 saturated carbocycles. The van der Waals surface area contributed by atoms with Crippen LogP contribution in [0.25, 0.3) is 0 Å². The molecule has 2 aromatic carbocycles. The first-order chi connectivity index (χ1) is 13.0. The van der Waals surface area contributed by atoms with Crippen molar-refractivity contribution in [3.8, 4) is 11.5 Å². The topological polar surface area (TPSA) is 103 Å². The summed E-state index contributed by atoms with van der Waals surface area (Å²) >= 11 is 0. The molecule has 0 bridgehead atoms. The molecule has 2 aromatic rings. The van der Waals surface area contributed by atoms with Gasteiger partial charge in [0.15, 0.2) is 18.1 Å². The number of halogens is 1. The van der Waals surface area contributed by atoms with E-state index in [1.165, 1.54) is 18.2 Å². The molecule has 1 heterocycles. The zero-order chi connectivity index (χ0) is 19.2. The van der Waals surface area contributed by atoms with Crippen LogP contribution >= 0.6 is 0 Å². The quantitative estimate of drug-likeness (QED) is 0.795. The van der Waals surface area contributed by atoms with Gasteiger partial charge in [0, 0.05) is 11.8 Å². The highest BCUT2D eigenvalue weighted by molar-refractivity contribution is 6.02. The van der Waals surface area contributed by atoms with Gasteiger partial charge in [0.2, 0.25) is 0 Å². The predicted octanol–water partition coefficient (Wildman–Crippen LogP) is 2.10. The summed E-state index contributed by atoms with van der Waals surface area (Å²) in [7, 11) is 0. The number of urea groups is 1. The minimum Gasteiger partial charge on any atom is -0.486 e. The molecular formula is C18H15FN2O6. The summed E-state index contributed by atoms with van der Waals surface area (Å²) in [6.07, 6.45) is 0. The van der Waals surface area contributed by atoms with Crippen molar-refractivity contribution in [2.75, 3.05) is 25.1 Å². The highest BCUT2D eigenvalue weighted by atomic mass is 19.1. The van der Waals surface area contributed by atoms with Crippen LogP contribution in [0, 0.1) is 5.82 Å². The Labute approximate surface area is 153 Å². The monoisotopic (exact) mass is 374 g/mol. The first kappa shape index (κ1) is 18.2. The maximum Gasteiger partial charge on any atom is 0.338 e. The van der Waals surface area contributed by atoms with E-state index in [9.17, 15) is 18.8 Å². The van der Waals surface area contributed by atoms with Crippen LogP contribution in [-0.4, -0.2) is 37.7 Å². The summed E-state index contributed by atoms with van der Waals surface area (Å²) in [6, 6.07) is 8.81. The molecule has 0 unspecified atom stereocenters. The first-order valence-corrected chi connectivity index (χ1v) is 7.94. The fourth-order valence-electron chi connectivity index (χ4n) is 2.28. The molecule has 0 aliphatic carbocycles. The number of nitrogens with one attached hydrogen (secondary N) is 2. The normalized spacial score (nSPS) is 12.0. The van der Waals surface area contributed by atoms with Crippen molar-refractivity contribution in [1.82, 2.24) is 5.32 Å². The maximum atomic E-state index is 13.1. The number of carbonyl (C=O) groups excluding carboxylic acids is 3. The van der Waals surface area contributed by atoms with Gasteiger partial charge in [0.25, 0.3) is 5.91 Å². The van der Waals surface area contributed by atoms with Gasteiger partial charge in [-0.25, -0.2) is 14.0 Å². The average molecular weight is 374 g/mol. The molecule has 2 N–H and O–H groups in total. The second-order valence-electron chi connectivity index (χ2n) is 5.45. The van der Waals surface area contributed by atoms with Crippen molar-refractivity contribution >= 4 is 23.6 Å². The van der Waals surface area contributed by atoms with Crippen molar-refractivity contribution in [3.63, 3.8) is 0 Å². The van der Waals surface area contributed by atoms with Gasteiger partial charge in [0.1, 0.15) is 19.0 Å². The number of ether oxygens (including phenoxy) is 3. The molecule has 0 radical (unpaired) electrons. The van der Waals surface area contributed by atoms with Crippen molar-refractivity contribution in [2.45, 2.75) is 0 Å². The molecule has 140 valence electrons. The van der Waals surface area contributed by atoms with Crippen LogP contribution in [0.2, 0.25) is 0 Å². The number of esters is 1. The minimum absolute atomic E-state index is 0.0384. The molecule has 27 heavy (non-hydrogen) atoms. The summed E-state index contributed by atoms with van der Waals surface area (Å²) in [4.78, 5) is 35.3. The molecular weight excluding hydrogens is 359 g/mol. The van der Waals surface area contributed by atoms with Gasteiger partial charge in [-0.2, -0.15) is 0 Å². The Morgan fingerprint density at radius 3 is 2.59 bits per heavy atom. The van der Waals surface area contributed by atoms with Crippen LogP contribution in [0.15, 0.2) is 42.5 Å². The third-order valence-corrected chi connectivity index (χ3v) is 3.45. The van der Waals surface area contributed by atoms with Crippen LogP contribution < -0.4 is 20.1 Å². The van der Waals surface area contributed by atoms with E-state index in [-0.39, 0.29) is 5.56 Å². The molecule has 3 rings (SSSR count). The van der Waals surface area contributed by atoms with Crippen molar-refractivity contribution in [3.05, 3.63) is 53.8 Å². The lowest BCUT2D eigenvalue weighted by Gasteiger charge is -2.19.